The summed E-state index contributed by atoms with van der Waals surface area (Å²) in [5, 5.41) is 9.81. The van der Waals surface area contributed by atoms with Crippen LogP contribution in [0.25, 0.3) is 0 Å². The van der Waals surface area contributed by atoms with Crippen molar-refractivity contribution >= 4 is 23.7 Å². The summed E-state index contributed by atoms with van der Waals surface area (Å²) in [6.45, 7) is 4.45. The molecule has 2 rings (SSSR count). The molecule has 6 nitrogen and oxygen atoms in total. The minimum absolute atomic E-state index is 0.0473. The van der Waals surface area contributed by atoms with Crippen molar-refractivity contribution < 1.29 is 19.4 Å². The average molecular weight is 355 g/mol. The number of carboxylic acid groups (broad SMARTS) is 1. The summed E-state index contributed by atoms with van der Waals surface area (Å²) in [5.74, 6) is -0.236. The molecular formula is C17H23ClN2O4. The lowest BCUT2D eigenvalue weighted by atomic mass is 10.0. The maximum absolute atomic E-state index is 11.4. The van der Waals surface area contributed by atoms with Crippen LogP contribution in [0.4, 0.5) is 4.79 Å². The van der Waals surface area contributed by atoms with E-state index in [9.17, 15) is 9.59 Å². The minimum atomic E-state index is -0.872. The predicted octanol–water partition coefficient (Wildman–Crippen LogP) is 2.63. The van der Waals surface area contributed by atoms with Gasteiger partial charge in [0.1, 0.15) is 0 Å². The number of esters is 1. The summed E-state index contributed by atoms with van der Waals surface area (Å²) in [6.07, 6.45) is 0.0571. The van der Waals surface area contributed by atoms with Crippen molar-refractivity contribution in [3.05, 3.63) is 34.3 Å². The fourth-order valence-corrected chi connectivity index (χ4v) is 3.22. The molecule has 1 heterocycles. The standard InChI is InChI=1S/C17H23ClN2O4/c1-12-10-19(7-8-20(12)17(22)23)11-14-9-15(18)5-3-13(14)4-6-16(21)24-2/h3,5,9,12H,4,6-8,10-11H2,1-2H3,(H,22,23)/t12-/m0/s1. The number of carbonyl (C=O) groups excluding carboxylic acids is 1. The minimum Gasteiger partial charge on any atom is -0.469 e. The van der Waals surface area contributed by atoms with E-state index in [1.165, 1.54) is 12.0 Å². The summed E-state index contributed by atoms with van der Waals surface area (Å²) in [5.41, 5.74) is 2.14. The Morgan fingerprint density at radius 2 is 2.08 bits per heavy atom. The van der Waals surface area contributed by atoms with Crippen LogP contribution >= 0.6 is 11.6 Å². The fraction of sp³-hybridized carbons (Fsp3) is 0.529. The first-order valence-electron chi connectivity index (χ1n) is 7.96. The lowest BCUT2D eigenvalue weighted by Gasteiger charge is -2.38. The molecule has 1 atom stereocenters. The molecule has 1 saturated heterocycles. The number of benzene rings is 1. The Morgan fingerprint density at radius 3 is 2.71 bits per heavy atom. The van der Waals surface area contributed by atoms with E-state index in [4.69, 9.17) is 21.4 Å². The highest BCUT2D eigenvalue weighted by Crippen LogP contribution is 2.21. The molecule has 1 N–H and O–H groups in total. The van der Waals surface area contributed by atoms with Gasteiger partial charge in [-0.05, 0) is 36.6 Å². The number of nitrogens with zero attached hydrogens (tertiary/aromatic N) is 2. The van der Waals surface area contributed by atoms with Crippen LogP contribution in [0, 0.1) is 0 Å². The molecule has 0 bridgehead atoms. The number of hydrogen-bond acceptors (Lipinski definition) is 4. The smallest absolute Gasteiger partial charge is 0.407 e. The van der Waals surface area contributed by atoms with E-state index >= 15 is 0 Å². The highest BCUT2D eigenvalue weighted by Gasteiger charge is 2.27. The lowest BCUT2D eigenvalue weighted by molar-refractivity contribution is -0.140. The van der Waals surface area contributed by atoms with Crippen LogP contribution in [0.5, 0.6) is 0 Å². The molecule has 0 aliphatic carbocycles. The molecule has 0 unspecified atom stereocenters. The quantitative estimate of drug-likeness (QED) is 0.823. The normalized spacial score (nSPS) is 18.5. The van der Waals surface area contributed by atoms with Gasteiger partial charge in [-0.1, -0.05) is 17.7 Å². The van der Waals surface area contributed by atoms with Crippen molar-refractivity contribution in [3.8, 4) is 0 Å². The Hall–Kier alpha value is -1.79. The predicted molar refractivity (Wildman–Crippen MR) is 91.3 cm³/mol. The number of halogens is 1. The number of hydrogen-bond donors (Lipinski definition) is 1. The second kappa shape index (κ2) is 8.35. The second-order valence-electron chi connectivity index (χ2n) is 6.05. The number of piperazine rings is 1. The van der Waals surface area contributed by atoms with Crippen LogP contribution in [0.3, 0.4) is 0 Å². The Morgan fingerprint density at radius 1 is 1.33 bits per heavy atom. The molecule has 1 fully saturated rings. The molecule has 132 valence electrons. The molecule has 0 radical (unpaired) electrons. The van der Waals surface area contributed by atoms with Gasteiger partial charge < -0.3 is 14.7 Å². The summed E-state index contributed by atoms with van der Waals surface area (Å²) in [4.78, 5) is 26.2. The highest BCUT2D eigenvalue weighted by atomic mass is 35.5. The van der Waals surface area contributed by atoms with E-state index in [0.717, 1.165) is 11.1 Å². The zero-order valence-electron chi connectivity index (χ0n) is 14.0. The first-order valence-corrected chi connectivity index (χ1v) is 8.34. The third-order valence-electron chi connectivity index (χ3n) is 4.35. The molecule has 0 saturated carbocycles. The van der Waals surface area contributed by atoms with Crippen molar-refractivity contribution in [1.82, 2.24) is 9.80 Å². The summed E-state index contributed by atoms with van der Waals surface area (Å²) in [6, 6.07) is 5.64. The molecular weight excluding hydrogens is 332 g/mol. The fourth-order valence-electron chi connectivity index (χ4n) is 3.03. The van der Waals surface area contributed by atoms with Gasteiger partial charge in [-0.3, -0.25) is 9.69 Å². The van der Waals surface area contributed by atoms with E-state index in [1.807, 2.05) is 25.1 Å². The van der Waals surface area contributed by atoms with Gasteiger partial charge >= 0.3 is 12.1 Å². The molecule has 24 heavy (non-hydrogen) atoms. The van der Waals surface area contributed by atoms with Gasteiger partial charge in [0.25, 0.3) is 0 Å². The number of aryl methyl sites for hydroxylation is 1. The molecule has 0 spiro atoms. The number of ether oxygens (including phenoxy) is 1. The van der Waals surface area contributed by atoms with Gasteiger partial charge in [0.2, 0.25) is 0 Å². The van der Waals surface area contributed by atoms with E-state index in [2.05, 4.69) is 4.90 Å². The molecule has 1 aromatic rings. The number of rotatable bonds is 5. The zero-order valence-corrected chi connectivity index (χ0v) is 14.8. The average Bonchev–Trinajstić information content (AvgIpc) is 2.53. The van der Waals surface area contributed by atoms with Crippen molar-refractivity contribution in [2.75, 3.05) is 26.7 Å². The van der Waals surface area contributed by atoms with Crippen LogP contribution in [0.1, 0.15) is 24.5 Å². The Bertz CT molecular complexity index is 608. The van der Waals surface area contributed by atoms with Crippen LogP contribution in [-0.2, 0) is 22.5 Å². The molecule has 1 aliphatic heterocycles. The summed E-state index contributed by atoms with van der Waals surface area (Å²) < 4.78 is 4.70. The van der Waals surface area contributed by atoms with E-state index < -0.39 is 6.09 Å². The van der Waals surface area contributed by atoms with Crippen molar-refractivity contribution in [3.63, 3.8) is 0 Å². The first kappa shape index (κ1) is 18.5. The largest absolute Gasteiger partial charge is 0.469 e. The maximum atomic E-state index is 11.4. The van der Waals surface area contributed by atoms with Crippen molar-refractivity contribution in [1.29, 1.82) is 0 Å². The van der Waals surface area contributed by atoms with Crippen molar-refractivity contribution in [2.24, 2.45) is 0 Å². The molecule has 1 aromatic carbocycles. The molecule has 7 heteroatoms. The van der Waals surface area contributed by atoms with Gasteiger partial charge in [0.05, 0.1) is 7.11 Å². The van der Waals surface area contributed by atoms with Crippen molar-refractivity contribution in [2.45, 2.75) is 32.4 Å². The monoisotopic (exact) mass is 354 g/mol. The number of carbonyl (C=O) groups is 2. The maximum Gasteiger partial charge on any atom is 0.407 e. The number of amides is 1. The van der Waals surface area contributed by atoms with Crippen LogP contribution in [0.2, 0.25) is 5.02 Å². The van der Waals surface area contributed by atoms with Gasteiger partial charge in [-0.2, -0.15) is 0 Å². The van der Waals surface area contributed by atoms with Gasteiger partial charge in [-0.15, -0.1) is 0 Å². The van der Waals surface area contributed by atoms with Gasteiger partial charge in [-0.25, -0.2) is 4.79 Å². The third kappa shape index (κ3) is 4.85. The van der Waals surface area contributed by atoms with E-state index in [0.29, 0.717) is 44.0 Å². The summed E-state index contributed by atoms with van der Waals surface area (Å²) >= 11 is 6.12. The molecule has 1 aliphatic rings. The summed E-state index contributed by atoms with van der Waals surface area (Å²) in [7, 11) is 1.38. The number of methoxy groups -OCH3 is 1. The highest BCUT2D eigenvalue weighted by molar-refractivity contribution is 6.30. The zero-order chi connectivity index (χ0) is 17.7. The van der Waals surface area contributed by atoms with Crippen LogP contribution in [0.15, 0.2) is 18.2 Å². The second-order valence-corrected chi connectivity index (χ2v) is 6.49. The lowest BCUT2D eigenvalue weighted by Crippen LogP contribution is -2.53. The first-order chi connectivity index (χ1) is 11.4. The van der Waals surface area contributed by atoms with Crippen LogP contribution in [-0.4, -0.2) is 59.8 Å². The topological polar surface area (TPSA) is 70.1 Å². The molecule has 0 aromatic heterocycles. The Labute approximate surface area is 146 Å². The third-order valence-corrected chi connectivity index (χ3v) is 4.58. The van der Waals surface area contributed by atoms with Gasteiger partial charge in [0, 0.05) is 43.7 Å². The van der Waals surface area contributed by atoms with E-state index in [-0.39, 0.29) is 12.0 Å². The Kier molecular flexibility index (Phi) is 6.45. The molecule has 1 amide bonds. The Balaban J connectivity index is 2.04. The SMILES string of the molecule is COC(=O)CCc1ccc(Cl)cc1CN1CCN(C(=O)O)[C@@H](C)C1. The van der Waals surface area contributed by atoms with E-state index in [1.54, 1.807) is 0 Å². The van der Waals surface area contributed by atoms with Gasteiger partial charge in [0.15, 0.2) is 0 Å². The van der Waals surface area contributed by atoms with Crippen LogP contribution < -0.4 is 0 Å².